The predicted octanol–water partition coefficient (Wildman–Crippen LogP) is 1.34. The van der Waals surface area contributed by atoms with Gasteiger partial charge >= 0.3 is 0 Å². The Kier molecular flexibility index (Phi) is 10.9. The largest absolute Gasteiger partial charge is 0.380 e. The Morgan fingerprint density at radius 3 is 2.36 bits per heavy atom. The summed E-state index contributed by atoms with van der Waals surface area (Å²) < 4.78 is 5.54. The van der Waals surface area contributed by atoms with E-state index in [2.05, 4.69) is 24.1 Å². The second kappa shape index (κ2) is 11.0. The van der Waals surface area contributed by atoms with Crippen LogP contribution in [-0.2, 0) is 4.74 Å². The molecule has 0 saturated carbocycles. The summed E-state index contributed by atoms with van der Waals surface area (Å²) in [5.41, 5.74) is 0. The maximum atomic E-state index is 5.54. The fraction of sp³-hybridized carbons (Fsp3) is 1.00. The second-order valence-corrected chi connectivity index (χ2v) is 3.45. The minimum atomic E-state index is 0.876. The highest BCUT2D eigenvalue weighted by atomic mass is 16.5. The van der Waals surface area contributed by atoms with Gasteiger partial charge in [-0.15, -0.1) is 0 Å². The molecule has 0 heterocycles. The second-order valence-electron chi connectivity index (χ2n) is 3.45. The lowest BCUT2D eigenvalue weighted by atomic mass is 10.3. The molecule has 0 spiro atoms. The van der Waals surface area contributed by atoms with E-state index in [9.17, 15) is 0 Å². The van der Waals surface area contributed by atoms with E-state index in [1.807, 2.05) is 7.05 Å². The molecule has 0 fully saturated rings. The van der Waals surface area contributed by atoms with Crippen molar-refractivity contribution >= 4 is 0 Å². The van der Waals surface area contributed by atoms with Crippen molar-refractivity contribution < 1.29 is 4.74 Å². The van der Waals surface area contributed by atoms with Crippen LogP contribution < -0.4 is 5.32 Å². The standard InChI is InChI=1S/C11H26N2O/c1-4-13(5-2)9-11-14-10-7-6-8-12-3/h12H,4-11H2,1-3H3. The molecule has 0 aromatic heterocycles. The molecule has 0 bridgehead atoms. The number of unbranched alkanes of at least 4 members (excludes halogenated alkanes) is 1. The van der Waals surface area contributed by atoms with Crippen LogP contribution in [0.2, 0.25) is 0 Å². The summed E-state index contributed by atoms with van der Waals surface area (Å²) >= 11 is 0. The van der Waals surface area contributed by atoms with Crippen molar-refractivity contribution in [3.63, 3.8) is 0 Å². The molecule has 0 rings (SSSR count). The molecule has 86 valence electrons. The maximum absolute atomic E-state index is 5.54. The van der Waals surface area contributed by atoms with E-state index in [-0.39, 0.29) is 0 Å². The highest BCUT2D eigenvalue weighted by Crippen LogP contribution is 1.90. The van der Waals surface area contributed by atoms with Gasteiger partial charge < -0.3 is 15.0 Å². The van der Waals surface area contributed by atoms with Crippen molar-refractivity contribution in [1.29, 1.82) is 0 Å². The predicted molar refractivity (Wildman–Crippen MR) is 61.8 cm³/mol. The lowest BCUT2D eigenvalue weighted by Gasteiger charge is -2.17. The zero-order valence-corrected chi connectivity index (χ0v) is 10.0. The molecule has 14 heavy (non-hydrogen) atoms. The number of rotatable bonds is 10. The number of nitrogens with one attached hydrogen (secondary N) is 1. The summed E-state index contributed by atoms with van der Waals surface area (Å²) in [5.74, 6) is 0. The van der Waals surface area contributed by atoms with Crippen LogP contribution >= 0.6 is 0 Å². The van der Waals surface area contributed by atoms with E-state index in [4.69, 9.17) is 4.74 Å². The van der Waals surface area contributed by atoms with Crippen LogP contribution in [0, 0.1) is 0 Å². The lowest BCUT2D eigenvalue weighted by Crippen LogP contribution is -2.27. The van der Waals surface area contributed by atoms with Crippen LogP contribution in [0.15, 0.2) is 0 Å². The number of likely N-dealkylation sites (N-methyl/N-ethyl adjacent to an activating group) is 1. The van der Waals surface area contributed by atoms with Crippen molar-refractivity contribution in [1.82, 2.24) is 10.2 Å². The van der Waals surface area contributed by atoms with Crippen LogP contribution in [0.5, 0.6) is 0 Å². The van der Waals surface area contributed by atoms with Gasteiger partial charge in [0.15, 0.2) is 0 Å². The van der Waals surface area contributed by atoms with Gasteiger partial charge in [0.1, 0.15) is 0 Å². The van der Waals surface area contributed by atoms with E-state index in [0.29, 0.717) is 0 Å². The molecule has 0 amide bonds. The van der Waals surface area contributed by atoms with Crippen LogP contribution in [0.3, 0.4) is 0 Å². The fourth-order valence-corrected chi connectivity index (χ4v) is 1.34. The number of hydrogen-bond donors (Lipinski definition) is 1. The topological polar surface area (TPSA) is 24.5 Å². The molecule has 1 N–H and O–H groups in total. The molecule has 3 nitrogen and oxygen atoms in total. The molecule has 0 aromatic rings. The van der Waals surface area contributed by atoms with Crippen LogP contribution in [-0.4, -0.2) is 51.3 Å². The Morgan fingerprint density at radius 2 is 1.79 bits per heavy atom. The Balaban J connectivity index is 3.04. The maximum Gasteiger partial charge on any atom is 0.0593 e. The Bertz CT molecular complexity index is 105. The summed E-state index contributed by atoms with van der Waals surface area (Å²) in [4.78, 5) is 2.38. The van der Waals surface area contributed by atoms with Crippen molar-refractivity contribution in [3.8, 4) is 0 Å². The fourth-order valence-electron chi connectivity index (χ4n) is 1.34. The minimum Gasteiger partial charge on any atom is -0.380 e. The first-order valence-corrected chi connectivity index (χ1v) is 5.79. The smallest absolute Gasteiger partial charge is 0.0593 e. The molecule has 0 aromatic carbocycles. The summed E-state index contributed by atoms with van der Waals surface area (Å²) in [6.45, 7) is 10.6. The van der Waals surface area contributed by atoms with E-state index in [1.54, 1.807) is 0 Å². The third-order valence-electron chi connectivity index (χ3n) is 2.41. The van der Waals surface area contributed by atoms with Crippen molar-refractivity contribution in [3.05, 3.63) is 0 Å². The van der Waals surface area contributed by atoms with Gasteiger partial charge in [-0.25, -0.2) is 0 Å². The van der Waals surface area contributed by atoms with Gasteiger partial charge in [0.2, 0.25) is 0 Å². The van der Waals surface area contributed by atoms with Gasteiger partial charge in [0.25, 0.3) is 0 Å². The average Bonchev–Trinajstić information content (AvgIpc) is 2.22. The van der Waals surface area contributed by atoms with Crippen molar-refractivity contribution in [2.75, 3.05) is 46.4 Å². The van der Waals surface area contributed by atoms with E-state index < -0.39 is 0 Å². The highest BCUT2D eigenvalue weighted by Gasteiger charge is 1.97. The quantitative estimate of drug-likeness (QED) is 0.541. The normalized spacial score (nSPS) is 11.1. The molecule has 0 saturated heterocycles. The number of nitrogens with zero attached hydrogens (tertiary/aromatic N) is 1. The summed E-state index contributed by atoms with van der Waals surface area (Å²) in [6.07, 6.45) is 2.38. The first-order valence-electron chi connectivity index (χ1n) is 5.79. The van der Waals surface area contributed by atoms with Gasteiger partial charge in [-0.2, -0.15) is 0 Å². The van der Waals surface area contributed by atoms with Gasteiger partial charge in [-0.3, -0.25) is 0 Å². The summed E-state index contributed by atoms with van der Waals surface area (Å²) in [5, 5.41) is 3.13. The third kappa shape index (κ3) is 8.48. The first-order chi connectivity index (χ1) is 6.85. The van der Waals surface area contributed by atoms with E-state index in [1.165, 1.54) is 12.8 Å². The lowest BCUT2D eigenvalue weighted by molar-refractivity contribution is 0.104. The average molecular weight is 202 g/mol. The monoisotopic (exact) mass is 202 g/mol. The van der Waals surface area contributed by atoms with Gasteiger partial charge in [0, 0.05) is 13.2 Å². The van der Waals surface area contributed by atoms with Crippen LogP contribution in [0.25, 0.3) is 0 Å². The zero-order chi connectivity index (χ0) is 10.6. The first kappa shape index (κ1) is 13.9. The van der Waals surface area contributed by atoms with Crippen molar-refractivity contribution in [2.45, 2.75) is 26.7 Å². The Labute approximate surface area is 88.8 Å². The van der Waals surface area contributed by atoms with Crippen LogP contribution in [0.1, 0.15) is 26.7 Å². The Hall–Kier alpha value is -0.120. The molecule has 0 aliphatic rings. The van der Waals surface area contributed by atoms with Crippen LogP contribution in [0.4, 0.5) is 0 Å². The minimum absolute atomic E-state index is 0.876. The van der Waals surface area contributed by atoms with Crippen molar-refractivity contribution in [2.24, 2.45) is 0 Å². The molecule has 0 radical (unpaired) electrons. The third-order valence-corrected chi connectivity index (χ3v) is 2.41. The molecule has 3 heteroatoms. The molecule has 0 aliphatic carbocycles. The van der Waals surface area contributed by atoms with E-state index in [0.717, 1.165) is 39.4 Å². The molecule has 0 unspecified atom stereocenters. The van der Waals surface area contributed by atoms with E-state index >= 15 is 0 Å². The molecular weight excluding hydrogens is 176 g/mol. The van der Waals surface area contributed by atoms with Gasteiger partial charge in [-0.1, -0.05) is 13.8 Å². The number of ether oxygens (including phenoxy) is 1. The molecule has 0 atom stereocenters. The summed E-state index contributed by atoms with van der Waals surface area (Å²) in [7, 11) is 1.99. The molecular formula is C11H26N2O. The van der Waals surface area contributed by atoms with Gasteiger partial charge in [0.05, 0.1) is 6.61 Å². The zero-order valence-electron chi connectivity index (χ0n) is 10.0. The highest BCUT2D eigenvalue weighted by molar-refractivity contribution is 4.50. The number of hydrogen-bond acceptors (Lipinski definition) is 3. The summed E-state index contributed by atoms with van der Waals surface area (Å²) in [6, 6.07) is 0. The SMILES string of the molecule is CCN(CC)CCOCCCCNC. The van der Waals surface area contributed by atoms with Gasteiger partial charge in [-0.05, 0) is 39.5 Å². The Morgan fingerprint density at radius 1 is 1.07 bits per heavy atom. The molecule has 0 aliphatic heterocycles.